The fourth-order valence-corrected chi connectivity index (χ4v) is 1.54. The molecule has 0 radical (unpaired) electrons. The van der Waals surface area contributed by atoms with E-state index in [9.17, 15) is 9.90 Å². The van der Waals surface area contributed by atoms with Gasteiger partial charge in [-0.05, 0) is 26.3 Å². The van der Waals surface area contributed by atoms with Gasteiger partial charge in [0.25, 0.3) is 0 Å². The summed E-state index contributed by atoms with van der Waals surface area (Å²) in [6.45, 7) is 5.44. The van der Waals surface area contributed by atoms with Crippen LogP contribution in [-0.2, 0) is 9.53 Å². The molecule has 0 bridgehead atoms. The lowest BCUT2D eigenvalue weighted by atomic mass is 10.0. The minimum Gasteiger partial charge on any atom is -0.462 e. The number of carbonyl (C=O) groups excluding carboxylic acids is 1. The van der Waals surface area contributed by atoms with Crippen molar-refractivity contribution in [1.29, 1.82) is 0 Å². The van der Waals surface area contributed by atoms with E-state index in [1.807, 2.05) is 30.3 Å². The first kappa shape index (κ1) is 14.2. The van der Waals surface area contributed by atoms with Crippen LogP contribution in [0.2, 0.25) is 0 Å². The van der Waals surface area contributed by atoms with Crippen molar-refractivity contribution < 1.29 is 14.6 Å². The van der Waals surface area contributed by atoms with Crippen molar-refractivity contribution in [1.82, 2.24) is 0 Å². The van der Waals surface area contributed by atoms with Crippen molar-refractivity contribution in [2.75, 3.05) is 6.61 Å². The van der Waals surface area contributed by atoms with Gasteiger partial charge in [0.15, 0.2) is 0 Å². The number of hydrogen-bond donors (Lipinski definition) is 1. The zero-order valence-corrected chi connectivity index (χ0v) is 10.9. The fraction of sp³-hybridized carbons (Fsp3) is 0.333. The van der Waals surface area contributed by atoms with Crippen LogP contribution in [0, 0.1) is 0 Å². The summed E-state index contributed by atoms with van der Waals surface area (Å²) in [5.41, 5.74) is 4.60. The van der Waals surface area contributed by atoms with Gasteiger partial charge in [-0.1, -0.05) is 30.3 Å². The molecule has 0 spiro atoms. The summed E-state index contributed by atoms with van der Waals surface area (Å²) in [5.74, 6) is -0.405. The molecule has 1 N–H and O–H groups in total. The van der Waals surface area contributed by atoms with Crippen LogP contribution in [0.3, 0.4) is 0 Å². The van der Waals surface area contributed by atoms with Crippen LogP contribution in [0.15, 0.2) is 47.2 Å². The van der Waals surface area contributed by atoms with Gasteiger partial charge in [0.05, 0.1) is 12.2 Å². The number of ether oxygens (including phenoxy) is 1. The van der Waals surface area contributed by atoms with E-state index in [1.54, 1.807) is 20.8 Å². The molecule has 0 saturated heterocycles. The maximum atomic E-state index is 11.4. The maximum Gasteiger partial charge on any atom is 0.341 e. The van der Waals surface area contributed by atoms with Crippen molar-refractivity contribution in [3.63, 3.8) is 0 Å². The molecular formula is C15H18O3. The lowest BCUT2D eigenvalue weighted by molar-refractivity contribution is -0.138. The second-order valence-corrected chi connectivity index (χ2v) is 3.97. The van der Waals surface area contributed by atoms with E-state index in [0.29, 0.717) is 17.8 Å². The first-order valence-corrected chi connectivity index (χ1v) is 5.90. The first-order chi connectivity index (χ1) is 8.56. The van der Waals surface area contributed by atoms with E-state index < -0.39 is 12.1 Å². The highest BCUT2D eigenvalue weighted by Gasteiger charge is 2.10. The average molecular weight is 246 g/mol. The van der Waals surface area contributed by atoms with Gasteiger partial charge < -0.3 is 9.84 Å². The topological polar surface area (TPSA) is 46.5 Å². The van der Waals surface area contributed by atoms with Gasteiger partial charge >= 0.3 is 5.97 Å². The highest BCUT2D eigenvalue weighted by atomic mass is 16.5. The predicted molar refractivity (Wildman–Crippen MR) is 69.9 cm³/mol. The smallest absolute Gasteiger partial charge is 0.341 e. The maximum absolute atomic E-state index is 11.4. The first-order valence-electron chi connectivity index (χ1n) is 5.90. The molecule has 0 fully saturated rings. The van der Waals surface area contributed by atoms with Crippen LogP contribution in [0.4, 0.5) is 0 Å². The Labute approximate surface area is 107 Å². The highest BCUT2D eigenvalue weighted by molar-refractivity contribution is 5.87. The summed E-state index contributed by atoms with van der Waals surface area (Å²) < 4.78 is 4.86. The second-order valence-electron chi connectivity index (χ2n) is 3.97. The van der Waals surface area contributed by atoms with Crippen molar-refractivity contribution in [2.24, 2.45) is 0 Å². The van der Waals surface area contributed by atoms with Gasteiger partial charge in [-0.3, -0.25) is 0 Å². The Morgan fingerprint density at radius 3 is 2.50 bits per heavy atom. The van der Waals surface area contributed by atoms with Crippen LogP contribution in [0.5, 0.6) is 0 Å². The number of aliphatic hydroxyl groups excluding tert-OH is 1. The molecule has 0 aliphatic carbocycles. The molecule has 1 rings (SSSR count). The fourth-order valence-electron chi connectivity index (χ4n) is 1.54. The minimum atomic E-state index is -0.754. The van der Waals surface area contributed by atoms with Gasteiger partial charge in [-0.2, -0.15) is 0 Å². The van der Waals surface area contributed by atoms with Gasteiger partial charge in [0.2, 0.25) is 0 Å². The van der Waals surface area contributed by atoms with Crippen LogP contribution >= 0.6 is 0 Å². The molecule has 1 atom stereocenters. The van der Waals surface area contributed by atoms with E-state index in [1.165, 1.54) is 0 Å². The molecule has 3 nitrogen and oxygen atoms in total. The Morgan fingerprint density at radius 1 is 1.33 bits per heavy atom. The number of aliphatic hydroxyl groups is 1. The largest absolute Gasteiger partial charge is 0.462 e. The van der Waals surface area contributed by atoms with Crippen molar-refractivity contribution in [2.45, 2.75) is 26.9 Å². The van der Waals surface area contributed by atoms with Crippen molar-refractivity contribution in [3.8, 4) is 0 Å². The number of hydrogen-bond acceptors (Lipinski definition) is 3. The van der Waals surface area contributed by atoms with Gasteiger partial charge in [-0.25, -0.2) is 4.79 Å². The Hall–Kier alpha value is -1.83. The van der Waals surface area contributed by atoms with Gasteiger partial charge in [-0.15, -0.1) is 5.73 Å². The molecular weight excluding hydrogens is 228 g/mol. The Bertz CT molecular complexity index is 468. The summed E-state index contributed by atoms with van der Waals surface area (Å²) in [6, 6.07) is 9.25. The summed E-state index contributed by atoms with van der Waals surface area (Å²) in [4.78, 5) is 11.4. The molecule has 0 amide bonds. The zero-order chi connectivity index (χ0) is 13.5. The van der Waals surface area contributed by atoms with Gasteiger partial charge in [0, 0.05) is 5.57 Å². The van der Waals surface area contributed by atoms with Crippen molar-refractivity contribution >= 4 is 5.97 Å². The van der Waals surface area contributed by atoms with E-state index >= 15 is 0 Å². The standard InChI is InChI=1S/C15H18O3/c1-4-18-15(17)12(3)10-11(2)14(16)13-8-6-5-7-9-13/h5-9,14,16H,4H2,1-3H3. The molecule has 96 valence electrons. The molecule has 0 aliphatic rings. The quantitative estimate of drug-likeness (QED) is 0.505. The molecule has 1 aromatic rings. The molecule has 1 aromatic carbocycles. The molecule has 0 saturated carbocycles. The predicted octanol–water partition coefficient (Wildman–Crippen LogP) is 2.77. The summed E-state index contributed by atoms with van der Waals surface area (Å²) >= 11 is 0. The van der Waals surface area contributed by atoms with E-state index in [0.717, 1.165) is 5.56 Å². The second kappa shape index (κ2) is 6.80. The monoisotopic (exact) mass is 246 g/mol. The lowest BCUT2D eigenvalue weighted by Crippen LogP contribution is -2.05. The number of rotatable bonds is 4. The zero-order valence-electron chi connectivity index (χ0n) is 10.9. The third-order valence-corrected chi connectivity index (χ3v) is 2.49. The highest BCUT2D eigenvalue weighted by Crippen LogP contribution is 2.20. The third kappa shape index (κ3) is 3.88. The van der Waals surface area contributed by atoms with Crippen molar-refractivity contribution in [3.05, 3.63) is 52.8 Å². The van der Waals surface area contributed by atoms with Crippen LogP contribution < -0.4 is 0 Å². The van der Waals surface area contributed by atoms with Gasteiger partial charge in [0.1, 0.15) is 6.10 Å². The number of esters is 1. The Kier molecular flexibility index (Phi) is 5.37. The minimum absolute atomic E-state index is 0.331. The molecule has 0 aliphatic heterocycles. The average Bonchev–Trinajstić information content (AvgIpc) is 2.39. The van der Waals surface area contributed by atoms with E-state index in [2.05, 4.69) is 5.73 Å². The Morgan fingerprint density at radius 2 is 1.94 bits per heavy atom. The molecule has 0 heterocycles. The van der Waals surface area contributed by atoms with Crippen LogP contribution in [-0.4, -0.2) is 17.7 Å². The van der Waals surface area contributed by atoms with Crippen LogP contribution in [0.25, 0.3) is 0 Å². The normalized spacial score (nSPS) is 11.3. The van der Waals surface area contributed by atoms with E-state index in [4.69, 9.17) is 4.74 Å². The van der Waals surface area contributed by atoms with Crippen LogP contribution in [0.1, 0.15) is 32.4 Å². The third-order valence-electron chi connectivity index (χ3n) is 2.49. The SMILES string of the molecule is CCOC(=O)C(C)=C=C(C)C(O)c1ccccc1. The molecule has 18 heavy (non-hydrogen) atoms. The number of benzene rings is 1. The summed E-state index contributed by atoms with van der Waals surface area (Å²) in [7, 11) is 0. The van der Waals surface area contributed by atoms with E-state index in [-0.39, 0.29) is 0 Å². The molecule has 3 heteroatoms. The number of carbonyl (C=O) groups is 1. The Balaban J connectivity index is 2.96. The molecule has 1 unspecified atom stereocenters. The summed E-state index contributed by atoms with van der Waals surface area (Å²) in [5, 5.41) is 10.1. The lowest BCUT2D eigenvalue weighted by Gasteiger charge is -2.09. The molecule has 0 aromatic heterocycles. The summed E-state index contributed by atoms with van der Waals surface area (Å²) in [6.07, 6.45) is -0.754.